The average molecular weight is 468 g/mol. The molecule has 4 aromatic rings. The molecule has 0 aliphatic rings. The second-order valence-electron chi connectivity index (χ2n) is 7.10. The molecule has 2 aromatic heterocycles. The van der Waals surface area contributed by atoms with Gasteiger partial charge < -0.3 is 33.6 Å². The lowest BCUT2D eigenvalue weighted by molar-refractivity contribution is 0.0635. The number of benzene rings is 2. The molecule has 0 spiro atoms. The molecule has 11 nitrogen and oxygen atoms in total. The summed E-state index contributed by atoms with van der Waals surface area (Å²) in [5, 5.41) is 28.4. The summed E-state index contributed by atoms with van der Waals surface area (Å²) in [6.45, 7) is -0.655. The van der Waals surface area contributed by atoms with Crippen LogP contribution in [-0.2, 0) is 0 Å². The van der Waals surface area contributed by atoms with E-state index in [0.717, 1.165) is 12.3 Å². The van der Waals surface area contributed by atoms with E-state index in [2.05, 4.69) is 0 Å². The molecule has 0 aliphatic heterocycles. The summed E-state index contributed by atoms with van der Waals surface area (Å²) in [5.41, 5.74) is -1.87. The first kappa shape index (κ1) is 22.6. The Morgan fingerprint density at radius 1 is 0.882 bits per heavy atom. The van der Waals surface area contributed by atoms with E-state index in [4.69, 9.17) is 28.5 Å². The Morgan fingerprint density at radius 3 is 2.12 bits per heavy atom. The molecule has 34 heavy (non-hydrogen) atoms. The van der Waals surface area contributed by atoms with Crippen LogP contribution in [0.4, 0.5) is 0 Å². The third-order valence-corrected chi connectivity index (χ3v) is 4.78. The van der Waals surface area contributed by atoms with Crippen molar-refractivity contribution in [2.75, 3.05) is 13.2 Å². The zero-order chi connectivity index (χ0) is 24.4. The lowest BCUT2D eigenvalue weighted by Gasteiger charge is -2.15. The Balaban J connectivity index is 1.51. The van der Waals surface area contributed by atoms with Gasteiger partial charge in [0.2, 0.25) is 11.2 Å². The number of hydrogen-bond acceptors (Lipinski definition) is 9. The molecule has 0 aliphatic carbocycles. The van der Waals surface area contributed by atoms with Gasteiger partial charge in [0.1, 0.15) is 64.6 Å². The molecule has 0 amide bonds. The van der Waals surface area contributed by atoms with Crippen LogP contribution in [0, 0.1) is 0 Å². The summed E-state index contributed by atoms with van der Waals surface area (Å²) < 4.78 is 21.4. The highest BCUT2D eigenvalue weighted by atomic mass is 16.5. The minimum absolute atomic E-state index is 0.00450. The van der Waals surface area contributed by atoms with E-state index in [0.29, 0.717) is 0 Å². The van der Waals surface area contributed by atoms with Gasteiger partial charge in [-0.2, -0.15) is 0 Å². The van der Waals surface area contributed by atoms with Crippen molar-refractivity contribution in [3.8, 4) is 11.5 Å². The molecule has 2 aromatic carbocycles. The fraction of sp³-hybridized carbons (Fsp3) is 0.130. The number of aliphatic hydroxyl groups excluding tert-OH is 1. The van der Waals surface area contributed by atoms with Gasteiger partial charge >= 0.3 is 11.9 Å². The number of hydrogen-bond donors (Lipinski definition) is 3. The topological polar surface area (TPSA) is 174 Å². The lowest BCUT2D eigenvalue weighted by atomic mass is 10.1. The highest BCUT2D eigenvalue weighted by Crippen LogP contribution is 2.25. The fourth-order valence-corrected chi connectivity index (χ4v) is 3.24. The van der Waals surface area contributed by atoms with Gasteiger partial charge in [0, 0.05) is 6.07 Å². The predicted octanol–water partition coefficient (Wildman–Crippen LogP) is 2.11. The number of aromatic carboxylic acids is 2. The minimum atomic E-state index is -1.45. The molecule has 0 radical (unpaired) electrons. The third kappa shape index (κ3) is 4.32. The Bertz CT molecular complexity index is 1530. The lowest BCUT2D eigenvalue weighted by Crippen LogP contribution is -2.26. The summed E-state index contributed by atoms with van der Waals surface area (Å²) in [6, 6.07) is 9.61. The normalized spacial score (nSPS) is 11.9. The van der Waals surface area contributed by atoms with Crippen molar-refractivity contribution < 1.29 is 43.2 Å². The van der Waals surface area contributed by atoms with Crippen LogP contribution in [0.1, 0.15) is 20.9 Å². The first-order valence-electron chi connectivity index (χ1n) is 9.78. The van der Waals surface area contributed by atoms with Gasteiger partial charge in [-0.1, -0.05) is 12.1 Å². The molecule has 2 heterocycles. The van der Waals surface area contributed by atoms with E-state index in [1.807, 2.05) is 0 Å². The van der Waals surface area contributed by atoms with E-state index in [1.54, 1.807) is 0 Å². The van der Waals surface area contributed by atoms with Gasteiger partial charge in [0.15, 0.2) is 5.43 Å². The smallest absolute Gasteiger partial charge is 0.371 e. The molecule has 0 fully saturated rings. The summed E-state index contributed by atoms with van der Waals surface area (Å²) in [4.78, 5) is 47.1. The van der Waals surface area contributed by atoms with Crippen molar-refractivity contribution in [3.63, 3.8) is 0 Å². The van der Waals surface area contributed by atoms with Crippen LogP contribution in [0.5, 0.6) is 11.5 Å². The van der Waals surface area contributed by atoms with E-state index in [9.17, 15) is 24.3 Å². The molecule has 1 unspecified atom stereocenters. The molecule has 174 valence electrons. The van der Waals surface area contributed by atoms with E-state index in [-0.39, 0.29) is 46.7 Å². The van der Waals surface area contributed by atoms with Gasteiger partial charge in [-0.05, 0) is 24.3 Å². The van der Waals surface area contributed by atoms with Crippen molar-refractivity contribution in [3.05, 3.63) is 80.5 Å². The van der Waals surface area contributed by atoms with Crippen molar-refractivity contribution in [2.24, 2.45) is 0 Å². The van der Waals surface area contributed by atoms with Crippen LogP contribution in [0.25, 0.3) is 21.9 Å². The van der Waals surface area contributed by atoms with Crippen LogP contribution in [0.3, 0.4) is 0 Å². The predicted molar refractivity (Wildman–Crippen MR) is 116 cm³/mol. The second kappa shape index (κ2) is 9.08. The van der Waals surface area contributed by atoms with Gasteiger partial charge in [-0.3, -0.25) is 9.59 Å². The monoisotopic (exact) mass is 468 g/mol. The van der Waals surface area contributed by atoms with Gasteiger partial charge in [0.05, 0.1) is 0 Å². The quantitative estimate of drug-likeness (QED) is 0.345. The van der Waals surface area contributed by atoms with Crippen molar-refractivity contribution in [1.82, 2.24) is 0 Å². The summed E-state index contributed by atoms with van der Waals surface area (Å²) in [5.74, 6) is -3.28. The molecule has 11 heteroatoms. The van der Waals surface area contributed by atoms with E-state index < -0.39 is 40.2 Å². The number of aliphatic hydroxyl groups is 1. The number of carbonyl (C=O) groups is 2. The molecule has 1 atom stereocenters. The molecule has 0 saturated heterocycles. The van der Waals surface area contributed by atoms with Gasteiger partial charge in [-0.25, -0.2) is 9.59 Å². The van der Waals surface area contributed by atoms with E-state index >= 15 is 0 Å². The maximum atomic E-state index is 12.5. The molecule has 4 rings (SSSR count). The number of carboxylic acids is 2. The molecule has 0 saturated carbocycles. The Labute approximate surface area is 189 Å². The molecular weight excluding hydrogens is 452 g/mol. The Hall–Kier alpha value is -4.64. The number of rotatable bonds is 8. The van der Waals surface area contributed by atoms with Gasteiger partial charge in [0.25, 0.3) is 0 Å². The molecule has 3 N–H and O–H groups in total. The highest BCUT2D eigenvalue weighted by Gasteiger charge is 2.18. The fourth-order valence-electron chi connectivity index (χ4n) is 3.24. The maximum absolute atomic E-state index is 12.5. The zero-order valence-electron chi connectivity index (χ0n) is 17.2. The minimum Gasteiger partial charge on any atom is -0.490 e. The molecule has 0 bridgehead atoms. The summed E-state index contributed by atoms with van der Waals surface area (Å²) in [7, 11) is 0. The van der Waals surface area contributed by atoms with Crippen molar-refractivity contribution in [1.29, 1.82) is 0 Å². The van der Waals surface area contributed by atoms with Crippen molar-refractivity contribution in [2.45, 2.75) is 6.10 Å². The second-order valence-corrected chi connectivity index (χ2v) is 7.10. The number of ether oxygens (including phenoxy) is 2. The third-order valence-electron chi connectivity index (χ3n) is 4.78. The van der Waals surface area contributed by atoms with Crippen LogP contribution >= 0.6 is 0 Å². The van der Waals surface area contributed by atoms with Crippen LogP contribution in [-0.4, -0.2) is 46.6 Å². The SMILES string of the molecule is O=C(O)c1cc(=O)c2c(OCC(O)COc3cccc4occ(C(=O)O)c(=O)c34)cccc2o1. The average Bonchev–Trinajstić information content (AvgIpc) is 2.80. The highest BCUT2D eigenvalue weighted by molar-refractivity contribution is 5.93. The summed E-state index contributed by atoms with van der Waals surface area (Å²) >= 11 is 0. The number of fused-ring (bicyclic) bond motifs is 2. The first-order chi connectivity index (χ1) is 16.3. The van der Waals surface area contributed by atoms with Crippen LogP contribution in [0.15, 0.2) is 67.2 Å². The Morgan fingerprint density at radius 2 is 1.50 bits per heavy atom. The zero-order valence-corrected chi connectivity index (χ0v) is 17.2. The van der Waals surface area contributed by atoms with Gasteiger partial charge in [-0.15, -0.1) is 0 Å². The maximum Gasteiger partial charge on any atom is 0.371 e. The van der Waals surface area contributed by atoms with Crippen LogP contribution in [0.2, 0.25) is 0 Å². The molecular formula is C23H16O11. The standard InChI is InChI=1S/C23H16O11/c24-11(8-31-14-3-2-6-17-19(14)13(25)7-18(34-17)23(29)30)9-32-15-4-1-5-16-20(15)21(26)12(10-33-16)22(27)28/h1-7,10-11,24H,8-9H2,(H,27,28)(H,29,30). The summed E-state index contributed by atoms with van der Waals surface area (Å²) in [6.07, 6.45) is -0.370. The van der Waals surface area contributed by atoms with E-state index in [1.165, 1.54) is 36.4 Å². The Kier molecular flexibility index (Phi) is 6.02. The largest absolute Gasteiger partial charge is 0.490 e. The first-order valence-corrected chi connectivity index (χ1v) is 9.78. The van der Waals surface area contributed by atoms with Crippen LogP contribution < -0.4 is 20.3 Å². The van der Waals surface area contributed by atoms with Crippen molar-refractivity contribution >= 4 is 33.9 Å². The number of carboxylic acid groups (broad SMARTS) is 2.